The van der Waals surface area contributed by atoms with E-state index in [-0.39, 0.29) is 11.3 Å². The highest BCUT2D eigenvalue weighted by molar-refractivity contribution is 8.00. The van der Waals surface area contributed by atoms with Crippen LogP contribution in [0, 0.1) is 0 Å². The number of nitrogens with two attached hydrogens (primary N) is 1. The number of carbonyl (C=O) groups is 1. The molecule has 8 heteroatoms. The van der Waals surface area contributed by atoms with Crippen molar-refractivity contribution in [2.45, 2.75) is 43.5 Å². The molecule has 0 aliphatic carbocycles. The Morgan fingerprint density at radius 1 is 1.10 bits per heavy atom. The molecule has 30 heavy (non-hydrogen) atoms. The van der Waals surface area contributed by atoms with E-state index in [2.05, 4.69) is 36.3 Å². The van der Waals surface area contributed by atoms with Crippen LogP contribution in [0.2, 0.25) is 0 Å². The van der Waals surface area contributed by atoms with Gasteiger partial charge in [0.2, 0.25) is 11.1 Å². The predicted octanol–water partition coefficient (Wildman–Crippen LogP) is 4.08. The summed E-state index contributed by atoms with van der Waals surface area (Å²) in [5.41, 5.74) is 2.85. The number of anilines is 1. The van der Waals surface area contributed by atoms with Gasteiger partial charge in [-0.3, -0.25) is 4.79 Å². The zero-order chi connectivity index (χ0) is 21.9. The van der Waals surface area contributed by atoms with Crippen molar-refractivity contribution in [2.75, 3.05) is 18.3 Å². The smallest absolute Gasteiger partial charge is 0.237 e. The number of hydrogen-bond acceptors (Lipinski definition) is 6. The van der Waals surface area contributed by atoms with Gasteiger partial charge in [-0.05, 0) is 54.3 Å². The van der Waals surface area contributed by atoms with Gasteiger partial charge in [0.05, 0.1) is 12.4 Å². The summed E-state index contributed by atoms with van der Waals surface area (Å²) in [6.45, 7) is 8.28. The lowest BCUT2D eigenvalue weighted by Gasteiger charge is -2.19. The molecule has 1 heterocycles. The molecule has 0 bridgehead atoms. The van der Waals surface area contributed by atoms with Crippen LogP contribution in [0.1, 0.15) is 33.3 Å². The Labute approximate surface area is 181 Å². The Hall–Kier alpha value is -3.00. The molecule has 0 saturated heterocycles. The van der Waals surface area contributed by atoms with Crippen LogP contribution < -0.4 is 15.9 Å². The van der Waals surface area contributed by atoms with Crippen molar-refractivity contribution in [3.63, 3.8) is 0 Å². The highest BCUT2D eigenvalue weighted by atomic mass is 32.2. The van der Waals surface area contributed by atoms with Crippen molar-refractivity contribution in [2.24, 2.45) is 0 Å². The fraction of sp³-hybridized carbons (Fsp3) is 0.318. The minimum atomic E-state index is -0.400. The van der Waals surface area contributed by atoms with Crippen molar-refractivity contribution in [1.29, 1.82) is 0 Å². The molecule has 3 aromatic rings. The predicted molar refractivity (Wildman–Crippen MR) is 121 cm³/mol. The average molecular weight is 426 g/mol. The van der Waals surface area contributed by atoms with E-state index < -0.39 is 5.25 Å². The third-order valence-corrected chi connectivity index (χ3v) is 5.74. The number of nitrogens with zero attached hydrogens (tertiary/aromatic N) is 3. The molecule has 0 saturated carbocycles. The number of carbonyl (C=O) groups excluding carboxylic acids is 1. The molecule has 3 N–H and O–H groups in total. The van der Waals surface area contributed by atoms with Gasteiger partial charge in [-0.25, -0.2) is 4.68 Å². The molecule has 1 amide bonds. The Kier molecular flexibility index (Phi) is 6.36. The molecule has 7 nitrogen and oxygen atoms in total. The molecular formula is C22H27N5O2S. The van der Waals surface area contributed by atoms with E-state index in [1.807, 2.05) is 55.5 Å². The van der Waals surface area contributed by atoms with Crippen LogP contribution in [-0.4, -0.2) is 33.1 Å². The van der Waals surface area contributed by atoms with Gasteiger partial charge in [0.1, 0.15) is 5.75 Å². The summed E-state index contributed by atoms with van der Waals surface area (Å²) in [5, 5.41) is 11.3. The lowest BCUT2D eigenvalue weighted by atomic mass is 9.87. The Morgan fingerprint density at radius 3 is 2.30 bits per heavy atom. The van der Waals surface area contributed by atoms with Gasteiger partial charge >= 0.3 is 0 Å². The lowest BCUT2D eigenvalue weighted by Crippen LogP contribution is -2.23. The first-order valence-electron chi connectivity index (χ1n) is 9.62. The van der Waals surface area contributed by atoms with Crippen molar-refractivity contribution in [1.82, 2.24) is 14.9 Å². The first-order valence-corrected chi connectivity index (χ1v) is 10.5. The maximum atomic E-state index is 12.6. The third kappa shape index (κ3) is 4.94. The first-order chi connectivity index (χ1) is 14.2. The van der Waals surface area contributed by atoms with Gasteiger partial charge in [-0.2, -0.15) is 0 Å². The third-order valence-electron chi connectivity index (χ3n) is 4.68. The Bertz CT molecular complexity index is 1010. The van der Waals surface area contributed by atoms with Gasteiger partial charge in [0, 0.05) is 11.3 Å². The highest BCUT2D eigenvalue weighted by Crippen LogP contribution is 2.27. The second-order valence-corrected chi connectivity index (χ2v) is 9.29. The second kappa shape index (κ2) is 8.79. The number of benzene rings is 2. The van der Waals surface area contributed by atoms with E-state index in [4.69, 9.17) is 10.6 Å². The van der Waals surface area contributed by atoms with Gasteiger partial charge in [-0.1, -0.05) is 44.7 Å². The summed E-state index contributed by atoms with van der Waals surface area (Å²) in [7, 11) is 1.61. The van der Waals surface area contributed by atoms with Gasteiger partial charge in [0.25, 0.3) is 0 Å². The number of amides is 1. The number of aromatic nitrogens is 3. The number of nitrogens with one attached hydrogen (secondary N) is 1. The number of rotatable bonds is 6. The summed E-state index contributed by atoms with van der Waals surface area (Å²) in [4.78, 5) is 12.6. The van der Waals surface area contributed by atoms with Crippen LogP contribution in [0.15, 0.2) is 53.7 Å². The lowest BCUT2D eigenvalue weighted by molar-refractivity contribution is -0.115. The van der Waals surface area contributed by atoms with E-state index in [0.29, 0.717) is 11.0 Å². The second-order valence-electron chi connectivity index (χ2n) is 7.98. The van der Waals surface area contributed by atoms with Crippen molar-refractivity contribution in [3.05, 3.63) is 54.1 Å². The van der Waals surface area contributed by atoms with Crippen molar-refractivity contribution >= 4 is 23.4 Å². The number of nitrogen functional groups attached to an aromatic ring is 1. The summed E-state index contributed by atoms with van der Waals surface area (Å²) in [6.07, 6.45) is 0. The maximum Gasteiger partial charge on any atom is 0.237 e. The van der Waals surface area contributed by atoms with Crippen LogP contribution in [0.25, 0.3) is 11.4 Å². The zero-order valence-corrected chi connectivity index (χ0v) is 18.7. The van der Waals surface area contributed by atoms with Crippen molar-refractivity contribution < 1.29 is 9.53 Å². The molecule has 0 radical (unpaired) electrons. The molecule has 2 aromatic carbocycles. The Morgan fingerprint density at radius 2 is 1.73 bits per heavy atom. The molecule has 1 unspecified atom stereocenters. The summed E-state index contributed by atoms with van der Waals surface area (Å²) >= 11 is 1.26. The van der Waals surface area contributed by atoms with E-state index in [1.165, 1.54) is 22.0 Å². The van der Waals surface area contributed by atoms with Crippen LogP contribution in [-0.2, 0) is 10.2 Å². The van der Waals surface area contributed by atoms with Crippen molar-refractivity contribution in [3.8, 4) is 17.1 Å². The Balaban J connectivity index is 1.66. The fourth-order valence-corrected chi connectivity index (χ4v) is 3.57. The SMILES string of the molecule is COc1ccc(-c2nnc(SC(C)C(=O)Nc3ccc(C(C)(C)C)cc3)n2N)cc1. The fourth-order valence-electron chi connectivity index (χ4n) is 2.80. The normalized spacial score (nSPS) is 12.4. The molecule has 158 valence electrons. The molecule has 0 fully saturated rings. The number of ether oxygens (including phenoxy) is 1. The molecule has 0 aliphatic heterocycles. The quantitative estimate of drug-likeness (QED) is 0.456. The first kappa shape index (κ1) is 21.7. The average Bonchev–Trinajstić information content (AvgIpc) is 3.08. The van der Waals surface area contributed by atoms with Crippen LogP contribution in [0.4, 0.5) is 5.69 Å². The van der Waals surface area contributed by atoms with E-state index in [9.17, 15) is 4.79 Å². The van der Waals surface area contributed by atoms with E-state index in [0.717, 1.165) is 17.0 Å². The molecule has 1 aromatic heterocycles. The van der Waals surface area contributed by atoms with Gasteiger partial charge in [0.15, 0.2) is 5.82 Å². The molecular weight excluding hydrogens is 398 g/mol. The number of hydrogen-bond donors (Lipinski definition) is 2. The monoisotopic (exact) mass is 425 g/mol. The van der Waals surface area contributed by atoms with Gasteiger partial charge < -0.3 is 15.9 Å². The summed E-state index contributed by atoms with van der Waals surface area (Å²) in [6, 6.07) is 15.3. The van der Waals surface area contributed by atoms with E-state index in [1.54, 1.807) is 7.11 Å². The highest BCUT2D eigenvalue weighted by Gasteiger charge is 2.20. The number of thioether (sulfide) groups is 1. The molecule has 3 rings (SSSR count). The minimum absolute atomic E-state index is 0.0679. The standard InChI is InChI=1S/C22H27N5O2S/c1-14(20(28)24-17-10-8-16(9-11-17)22(2,3)4)30-21-26-25-19(27(21)23)15-6-12-18(29-5)13-7-15/h6-14H,23H2,1-5H3,(H,24,28). The van der Waals surface area contributed by atoms with Crippen LogP contribution >= 0.6 is 11.8 Å². The molecule has 0 spiro atoms. The van der Waals surface area contributed by atoms with Crippen LogP contribution in [0.3, 0.4) is 0 Å². The topological polar surface area (TPSA) is 95.1 Å². The summed E-state index contributed by atoms with van der Waals surface area (Å²) < 4.78 is 6.57. The maximum absolute atomic E-state index is 12.6. The van der Waals surface area contributed by atoms with Crippen LogP contribution in [0.5, 0.6) is 5.75 Å². The number of methoxy groups -OCH3 is 1. The zero-order valence-electron chi connectivity index (χ0n) is 17.8. The largest absolute Gasteiger partial charge is 0.497 e. The molecule has 0 aliphatic rings. The van der Waals surface area contributed by atoms with E-state index >= 15 is 0 Å². The molecule has 1 atom stereocenters. The van der Waals surface area contributed by atoms with Gasteiger partial charge in [-0.15, -0.1) is 10.2 Å². The summed E-state index contributed by atoms with van der Waals surface area (Å²) in [5.74, 6) is 7.31. The minimum Gasteiger partial charge on any atom is -0.497 e.